The molecule has 0 aliphatic rings. The summed E-state index contributed by atoms with van der Waals surface area (Å²) in [5.41, 5.74) is 1.81. The van der Waals surface area contributed by atoms with Gasteiger partial charge in [-0.2, -0.15) is 4.31 Å². The van der Waals surface area contributed by atoms with Gasteiger partial charge in [-0.1, -0.05) is 54.0 Å². The molecule has 152 valence electrons. The number of rotatable bonds is 8. The van der Waals surface area contributed by atoms with Gasteiger partial charge in [0.15, 0.2) is 0 Å². The van der Waals surface area contributed by atoms with E-state index in [1.54, 1.807) is 19.1 Å². The van der Waals surface area contributed by atoms with Crippen LogP contribution in [0.2, 0.25) is 0 Å². The summed E-state index contributed by atoms with van der Waals surface area (Å²) in [7, 11) is -3.93. The molecule has 0 radical (unpaired) electrons. The molecule has 0 N–H and O–H groups in total. The molecule has 28 heavy (non-hydrogen) atoms. The fourth-order valence-electron chi connectivity index (χ4n) is 2.98. The van der Waals surface area contributed by atoms with Crippen LogP contribution in [0.15, 0.2) is 57.9 Å². The Morgan fingerprint density at radius 1 is 1.11 bits per heavy atom. The third-order valence-electron chi connectivity index (χ3n) is 4.48. The van der Waals surface area contributed by atoms with Crippen molar-refractivity contribution in [3.8, 4) is 0 Å². The highest BCUT2D eigenvalue weighted by molar-refractivity contribution is 9.10. The summed E-state index contributed by atoms with van der Waals surface area (Å²) < 4.78 is 34.3. The van der Waals surface area contributed by atoms with Gasteiger partial charge in [0.1, 0.15) is 6.04 Å². The molecule has 0 saturated heterocycles. The van der Waals surface area contributed by atoms with Crippen molar-refractivity contribution < 1.29 is 17.9 Å². The van der Waals surface area contributed by atoms with Gasteiger partial charge in [0.25, 0.3) is 0 Å². The Balaban J connectivity index is 2.58. The van der Waals surface area contributed by atoms with Crippen molar-refractivity contribution in [2.75, 3.05) is 6.61 Å². The SMILES string of the molecule is CCOC(=O)C(C(C)C)N(Cc1ccccc1C)S(=O)(=O)c1ccc(Br)cc1. The van der Waals surface area contributed by atoms with Gasteiger partial charge in [-0.25, -0.2) is 8.42 Å². The highest BCUT2D eigenvalue weighted by atomic mass is 79.9. The molecule has 7 heteroatoms. The molecule has 0 heterocycles. The van der Waals surface area contributed by atoms with Gasteiger partial charge in [-0.3, -0.25) is 4.79 Å². The van der Waals surface area contributed by atoms with Crippen molar-refractivity contribution >= 4 is 31.9 Å². The lowest BCUT2D eigenvalue weighted by molar-refractivity contribution is -0.149. The number of nitrogens with zero attached hydrogens (tertiary/aromatic N) is 1. The molecule has 2 aromatic carbocycles. The van der Waals surface area contributed by atoms with Crippen LogP contribution >= 0.6 is 15.9 Å². The molecule has 0 amide bonds. The highest BCUT2D eigenvalue weighted by Gasteiger charge is 2.39. The number of benzene rings is 2. The Morgan fingerprint density at radius 3 is 2.25 bits per heavy atom. The number of ether oxygens (including phenoxy) is 1. The molecule has 0 aliphatic heterocycles. The number of aryl methyl sites for hydroxylation is 1. The molecule has 0 aliphatic carbocycles. The van der Waals surface area contributed by atoms with Gasteiger partial charge in [0.05, 0.1) is 11.5 Å². The summed E-state index contributed by atoms with van der Waals surface area (Å²) in [6, 6.07) is 13.1. The van der Waals surface area contributed by atoms with E-state index in [0.29, 0.717) is 0 Å². The van der Waals surface area contributed by atoms with E-state index < -0.39 is 22.0 Å². The maximum absolute atomic E-state index is 13.5. The average molecular weight is 468 g/mol. The predicted molar refractivity (Wildman–Crippen MR) is 113 cm³/mol. The highest BCUT2D eigenvalue weighted by Crippen LogP contribution is 2.27. The van der Waals surface area contributed by atoms with Gasteiger partial charge in [-0.05, 0) is 55.2 Å². The topological polar surface area (TPSA) is 63.7 Å². The third kappa shape index (κ3) is 5.21. The second-order valence-corrected chi connectivity index (χ2v) is 9.68. The summed E-state index contributed by atoms with van der Waals surface area (Å²) in [6.45, 7) is 7.57. The number of carbonyl (C=O) groups is 1. The minimum atomic E-state index is -3.93. The summed E-state index contributed by atoms with van der Waals surface area (Å²) in [5.74, 6) is -0.792. The first-order valence-electron chi connectivity index (χ1n) is 9.17. The standard InChI is InChI=1S/C21H26BrNO4S/c1-5-27-21(24)20(15(2)3)23(14-17-9-7-6-8-16(17)4)28(25,26)19-12-10-18(22)11-13-19/h6-13,15,20H,5,14H2,1-4H3. The van der Waals surface area contributed by atoms with Crippen molar-refractivity contribution in [3.05, 3.63) is 64.1 Å². The molecule has 1 unspecified atom stereocenters. The zero-order valence-electron chi connectivity index (χ0n) is 16.6. The third-order valence-corrected chi connectivity index (χ3v) is 6.85. The van der Waals surface area contributed by atoms with Gasteiger partial charge >= 0.3 is 5.97 Å². The minimum Gasteiger partial charge on any atom is -0.465 e. The Labute approximate surface area is 175 Å². The number of sulfonamides is 1. The lowest BCUT2D eigenvalue weighted by atomic mass is 10.0. The maximum atomic E-state index is 13.5. The Morgan fingerprint density at radius 2 is 1.71 bits per heavy atom. The largest absolute Gasteiger partial charge is 0.465 e. The molecule has 2 rings (SSSR count). The van der Waals surface area contributed by atoms with Crippen LogP contribution in [0.4, 0.5) is 0 Å². The van der Waals surface area contributed by atoms with Gasteiger partial charge in [0, 0.05) is 11.0 Å². The number of hydrogen-bond acceptors (Lipinski definition) is 4. The number of esters is 1. The molecule has 0 saturated carbocycles. The monoisotopic (exact) mass is 467 g/mol. The van der Waals surface area contributed by atoms with E-state index in [-0.39, 0.29) is 24.0 Å². The summed E-state index contributed by atoms with van der Waals surface area (Å²) in [5, 5.41) is 0. The van der Waals surface area contributed by atoms with E-state index in [1.807, 2.05) is 45.0 Å². The fourth-order valence-corrected chi connectivity index (χ4v) is 4.93. The first kappa shape index (κ1) is 22.6. The first-order valence-corrected chi connectivity index (χ1v) is 11.4. The molecule has 0 fully saturated rings. The molecule has 2 aromatic rings. The lowest BCUT2D eigenvalue weighted by Gasteiger charge is -2.32. The van der Waals surface area contributed by atoms with Crippen LogP contribution < -0.4 is 0 Å². The van der Waals surface area contributed by atoms with E-state index in [4.69, 9.17) is 4.74 Å². The second-order valence-electron chi connectivity index (χ2n) is 6.87. The van der Waals surface area contributed by atoms with Crippen LogP contribution in [0, 0.1) is 12.8 Å². The van der Waals surface area contributed by atoms with Crippen LogP contribution in [0.1, 0.15) is 31.9 Å². The Kier molecular flexibility index (Phi) is 7.80. The number of halogens is 1. The molecule has 5 nitrogen and oxygen atoms in total. The van der Waals surface area contributed by atoms with Crippen LogP contribution in [-0.2, 0) is 26.1 Å². The quantitative estimate of drug-likeness (QED) is 0.534. The second kappa shape index (κ2) is 9.67. The van der Waals surface area contributed by atoms with Crippen molar-refractivity contribution in [2.24, 2.45) is 5.92 Å². The summed E-state index contributed by atoms with van der Waals surface area (Å²) in [4.78, 5) is 12.8. The zero-order chi connectivity index (χ0) is 20.9. The normalized spacial score (nSPS) is 13.0. The maximum Gasteiger partial charge on any atom is 0.324 e. The fraction of sp³-hybridized carbons (Fsp3) is 0.381. The van der Waals surface area contributed by atoms with E-state index in [1.165, 1.54) is 16.4 Å². The molecule has 0 spiro atoms. The van der Waals surface area contributed by atoms with E-state index in [9.17, 15) is 13.2 Å². The van der Waals surface area contributed by atoms with Crippen molar-refractivity contribution in [2.45, 2.75) is 45.2 Å². The number of carbonyl (C=O) groups excluding carboxylic acids is 1. The van der Waals surface area contributed by atoms with E-state index in [2.05, 4.69) is 15.9 Å². The zero-order valence-corrected chi connectivity index (χ0v) is 19.0. The van der Waals surface area contributed by atoms with Crippen LogP contribution in [0.5, 0.6) is 0 Å². The molecule has 0 bridgehead atoms. The van der Waals surface area contributed by atoms with Crippen molar-refractivity contribution in [3.63, 3.8) is 0 Å². The lowest BCUT2D eigenvalue weighted by Crippen LogP contribution is -2.48. The van der Waals surface area contributed by atoms with Gasteiger partial charge in [0.2, 0.25) is 10.0 Å². The molecule has 0 aromatic heterocycles. The Hall–Kier alpha value is -1.70. The van der Waals surface area contributed by atoms with Crippen molar-refractivity contribution in [1.82, 2.24) is 4.31 Å². The van der Waals surface area contributed by atoms with Crippen LogP contribution in [0.25, 0.3) is 0 Å². The van der Waals surface area contributed by atoms with E-state index >= 15 is 0 Å². The minimum absolute atomic E-state index is 0.0900. The van der Waals surface area contributed by atoms with Gasteiger partial charge in [-0.15, -0.1) is 0 Å². The average Bonchev–Trinajstić information content (AvgIpc) is 2.63. The van der Waals surface area contributed by atoms with Crippen LogP contribution in [-0.4, -0.2) is 31.3 Å². The first-order chi connectivity index (χ1) is 13.2. The smallest absolute Gasteiger partial charge is 0.324 e. The summed E-state index contributed by atoms with van der Waals surface area (Å²) >= 11 is 3.33. The van der Waals surface area contributed by atoms with Gasteiger partial charge < -0.3 is 4.74 Å². The predicted octanol–water partition coefficient (Wildman–Crippen LogP) is 4.54. The molecular formula is C21H26BrNO4S. The van der Waals surface area contributed by atoms with Crippen molar-refractivity contribution in [1.29, 1.82) is 0 Å². The molecular weight excluding hydrogens is 442 g/mol. The summed E-state index contributed by atoms with van der Waals surface area (Å²) in [6.07, 6.45) is 0. The number of hydrogen-bond donors (Lipinski definition) is 0. The Bertz CT molecular complexity index is 910. The van der Waals surface area contributed by atoms with Crippen LogP contribution in [0.3, 0.4) is 0 Å². The molecule has 1 atom stereocenters. The van der Waals surface area contributed by atoms with E-state index in [0.717, 1.165) is 15.6 Å².